The lowest BCUT2D eigenvalue weighted by molar-refractivity contribution is -0.274. The Balaban J connectivity index is 1.70. The van der Waals surface area contributed by atoms with E-state index in [1.54, 1.807) is 13.0 Å². The summed E-state index contributed by atoms with van der Waals surface area (Å²) in [6.45, 7) is 2.05. The molecule has 0 aliphatic heterocycles. The van der Waals surface area contributed by atoms with E-state index in [-0.39, 0.29) is 30.2 Å². The van der Waals surface area contributed by atoms with Gasteiger partial charge in [-0.3, -0.25) is 0 Å². The van der Waals surface area contributed by atoms with Crippen LogP contribution in [-0.4, -0.2) is 23.9 Å². The summed E-state index contributed by atoms with van der Waals surface area (Å²) >= 11 is 0. The number of carbonyl (C=O) groups excluding carboxylic acids is 1. The molecule has 8 heteroatoms. The molecular formula is C21H21F3N2O3. The summed E-state index contributed by atoms with van der Waals surface area (Å²) in [6.07, 6.45) is 0.812. The molecule has 1 heterocycles. The van der Waals surface area contributed by atoms with Gasteiger partial charge in [-0.2, -0.15) is 0 Å². The number of benzene rings is 1. The molecular weight excluding hydrogens is 385 g/mol. The summed E-state index contributed by atoms with van der Waals surface area (Å²) in [4.78, 5) is 16.9. The summed E-state index contributed by atoms with van der Waals surface area (Å²) in [7, 11) is 0. The Morgan fingerprint density at radius 1 is 1.17 bits per heavy atom. The molecule has 2 bridgehead atoms. The molecule has 0 saturated heterocycles. The molecule has 1 fully saturated rings. The van der Waals surface area contributed by atoms with E-state index in [1.807, 2.05) is 0 Å². The molecule has 3 aliphatic carbocycles. The number of esters is 1. The Morgan fingerprint density at radius 2 is 1.86 bits per heavy atom. The first kappa shape index (κ1) is 19.5. The van der Waals surface area contributed by atoms with E-state index < -0.39 is 6.36 Å². The fourth-order valence-electron chi connectivity index (χ4n) is 4.44. The molecule has 1 aromatic carbocycles. The van der Waals surface area contributed by atoms with Gasteiger partial charge in [0.1, 0.15) is 11.6 Å². The van der Waals surface area contributed by atoms with Crippen LogP contribution in [-0.2, 0) is 4.74 Å². The van der Waals surface area contributed by atoms with E-state index in [0.717, 1.165) is 36.8 Å². The predicted molar refractivity (Wildman–Crippen MR) is 101 cm³/mol. The first-order chi connectivity index (χ1) is 13.9. The van der Waals surface area contributed by atoms with Crippen LogP contribution >= 0.6 is 0 Å². The smallest absolute Gasteiger partial charge is 0.462 e. The van der Waals surface area contributed by atoms with Crippen LogP contribution in [0.1, 0.15) is 65.9 Å². The van der Waals surface area contributed by atoms with Gasteiger partial charge in [0.2, 0.25) is 0 Å². The van der Waals surface area contributed by atoms with Gasteiger partial charge in [-0.1, -0.05) is 6.07 Å². The third kappa shape index (κ3) is 4.02. The highest BCUT2D eigenvalue weighted by molar-refractivity contribution is 5.92. The maximum Gasteiger partial charge on any atom is 0.573 e. The number of nitrogens with one attached hydrogen (secondary N) is 1. The van der Waals surface area contributed by atoms with Gasteiger partial charge >= 0.3 is 12.3 Å². The largest absolute Gasteiger partial charge is 0.573 e. The molecule has 0 unspecified atom stereocenters. The average Bonchev–Trinajstić information content (AvgIpc) is 2.68. The van der Waals surface area contributed by atoms with Crippen molar-refractivity contribution in [1.29, 1.82) is 0 Å². The quantitative estimate of drug-likeness (QED) is 0.650. The highest BCUT2D eigenvalue weighted by Crippen LogP contribution is 2.52. The number of aromatic nitrogens is 1. The summed E-state index contributed by atoms with van der Waals surface area (Å²) < 4.78 is 46.7. The number of fused-ring (bicyclic) bond motifs is 2. The van der Waals surface area contributed by atoms with Crippen LogP contribution in [0.25, 0.3) is 0 Å². The number of anilines is 2. The molecule has 5 nitrogen and oxygen atoms in total. The Morgan fingerprint density at radius 3 is 2.52 bits per heavy atom. The first-order valence-corrected chi connectivity index (χ1v) is 9.68. The van der Waals surface area contributed by atoms with Crippen molar-refractivity contribution in [3.8, 4) is 5.75 Å². The van der Waals surface area contributed by atoms with Crippen molar-refractivity contribution < 1.29 is 27.4 Å². The number of rotatable bonds is 5. The third-order valence-corrected chi connectivity index (χ3v) is 5.53. The van der Waals surface area contributed by atoms with Crippen LogP contribution in [0, 0.1) is 0 Å². The number of nitrogens with zero attached hydrogens (tertiary/aromatic N) is 1. The Bertz CT molecular complexity index is 922. The van der Waals surface area contributed by atoms with Crippen LogP contribution in [0.15, 0.2) is 30.5 Å². The summed E-state index contributed by atoms with van der Waals surface area (Å²) in [5, 5.41) is 3.13. The number of pyridine rings is 1. The third-order valence-electron chi connectivity index (χ3n) is 5.53. The van der Waals surface area contributed by atoms with Crippen molar-refractivity contribution in [2.45, 2.75) is 50.8 Å². The second-order valence-corrected chi connectivity index (χ2v) is 7.32. The van der Waals surface area contributed by atoms with Gasteiger partial charge in [0.15, 0.2) is 0 Å². The molecule has 2 aromatic rings. The lowest BCUT2D eigenvalue weighted by Crippen LogP contribution is -2.26. The van der Waals surface area contributed by atoms with Gasteiger partial charge < -0.3 is 14.8 Å². The topological polar surface area (TPSA) is 60.5 Å². The summed E-state index contributed by atoms with van der Waals surface area (Å²) in [6, 6.07) is 5.65. The highest BCUT2D eigenvalue weighted by Gasteiger charge is 2.38. The van der Waals surface area contributed by atoms with E-state index in [9.17, 15) is 18.0 Å². The number of halogens is 3. The maximum atomic E-state index is 12.5. The Hall–Kier alpha value is -2.77. The molecule has 29 heavy (non-hydrogen) atoms. The van der Waals surface area contributed by atoms with Gasteiger partial charge in [0.05, 0.1) is 12.2 Å². The van der Waals surface area contributed by atoms with E-state index in [0.29, 0.717) is 17.1 Å². The standard InChI is InChI=1S/C21H21F3N2O3/c1-2-28-20(27)16-11-25-19(18-13-8-6-12(7-9-13)17(16)18)26-14-4-3-5-15(10-14)29-21(22,23)24/h3-5,10-13H,2,6-9H2,1H3,(H,25,26). The van der Waals surface area contributed by atoms with Crippen LogP contribution in [0.5, 0.6) is 5.75 Å². The summed E-state index contributed by atoms with van der Waals surface area (Å²) in [5.74, 6) is 0.440. The molecule has 0 spiro atoms. The zero-order valence-electron chi connectivity index (χ0n) is 15.9. The Labute approximate surface area is 166 Å². The van der Waals surface area contributed by atoms with Crippen LogP contribution in [0.4, 0.5) is 24.7 Å². The lowest BCUT2D eigenvalue weighted by Gasteiger charge is -2.40. The maximum absolute atomic E-state index is 12.5. The summed E-state index contributed by atoms with van der Waals surface area (Å²) in [5.41, 5.74) is 2.90. The molecule has 0 amide bonds. The van der Waals surface area contributed by atoms with Crippen molar-refractivity contribution in [2.24, 2.45) is 0 Å². The van der Waals surface area contributed by atoms with E-state index in [1.165, 1.54) is 24.4 Å². The van der Waals surface area contributed by atoms with Gasteiger partial charge in [0, 0.05) is 23.5 Å². The predicted octanol–water partition coefficient (Wildman–Crippen LogP) is 5.66. The zero-order valence-corrected chi connectivity index (χ0v) is 15.9. The molecule has 1 aromatic heterocycles. The van der Waals surface area contributed by atoms with Gasteiger partial charge in [-0.05, 0) is 62.1 Å². The molecule has 154 valence electrons. The molecule has 5 rings (SSSR count). The normalized spacial score (nSPS) is 20.1. The van der Waals surface area contributed by atoms with Crippen molar-refractivity contribution in [1.82, 2.24) is 4.98 Å². The van der Waals surface area contributed by atoms with Crippen molar-refractivity contribution in [3.05, 3.63) is 47.2 Å². The van der Waals surface area contributed by atoms with E-state index in [4.69, 9.17) is 4.74 Å². The van der Waals surface area contributed by atoms with Gasteiger partial charge in [-0.15, -0.1) is 13.2 Å². The van der Waals surface area contributed by atoms with Gasteiger partial charge in [0.25, 0.3) is 0 Å². The average molecular weight is 406 g/mol. The molecule has 0 atom stereocenters. The van der Waals surface area contributed by atoms with Crippen molar-refractivity contribution >= 4 is 17.5 Å². The zero-order chi connectivity index (χ0) is 20.6. The minimum absolute atomic E-state index is 0.272. The number of ether oxygens (including phenoxy) is 2. The number of hydrogen-bond acceptors (Lipinski definition) is 5. The Kier molecular flexibility index (Phi) is 5.10. The number of carbonyl (C=O) groups is 1. The van der Waals surface area contributed by atoms with Crippen LogP contribution in [0.2, 0.25) is 0 Å². The first-order valence-electron chi connectivity index (χ1n) is 9.68. The SMILES string of the molecule is CCOC(=O)c1cnc(Nc2cccc(OC(F)(F)F)c2)c2c1C1CCC2CC1. The minimum Gasteiger partial charge on any atom is -0.462 e. The van der Waals surface area contributed by atoms with Crippen molar-refractivity contribution in [3.63, 3.8) is 0 Å². The molecule has 3 aliphatic rings. The molecule has 0 radical (unpaired) electrons. The molecule has 1 saturated carbocycles. The van der Waals surface area contributed by atoms with Crippen LogP contribution < -0.4 is 10.1 Å². The van der Waals surface area contributed by atoms with Crippen LogP contribution in [0.3, 0.4) is 0 Å². The second kappa shape index (κ2) is 7.57. The fraction of sp³-hybridized carbons (Fsp3) is 0.429. The van der Waals surface area contributed by atoms with E-state index in [2.05, 4.69) is 15.0 Å². The molecule has 1 N–H and O–H groups in total. The monoisotopic (exact) mass is 406 g/mol. The van der Waals surface area contributed by atoms with Crippen molar-refractivity contribution in [2.75, 3.05) is 11.9 Å². The second-order valence-electron chi connectivity index (χ2n) is 7.32. The highest BCUT2D eigenvalue weighted by atomic mass is 19.4. The van der Waals surface area contributed by atoms with Gasteiger partial charge in [-0.25, -0.2) is 9.78 Å². The lowest BCUT2D eigenvalue weighted by atomic mass is 9.66. The fourth-order valence-corrected chi connectivity index (χ4v) is 4.44. The number of alkyl halides is 3. The van der Waals surface area contributed by atoms with E-state index >= 15 is 0 Å². The number of hydrogen-bond donors (Lipinski definition) is 1. The minimum atomic E-state index is -4.75.